The zero-order chi connectivity index (χ0) is 16.2. The van der Waals surface area contributed by atoms with Crippen LogP contribution in [0, 0.1) is 17.8 Å². The van der Waals surface area contributed by atoms with Gasteiger partial charge in [0.2, 0.25) is 10.0 Å². The lowest BCUT2D eigenvalue weighted by Gasteiger charge is -2.25. The van der Waals surface area contributed by atoms with E-state index < -0.39 is 10.0 Å². The van der Waals surface area contributed by atoms with E-state index in [1.807, 2.05) is 0 Å². The predicted octanol–water partition coefficient (Wildman–Crippen LogP) is 3.66. The lowest BCUT2D eigenvalue weighted by molar-refractivity contribution is 0.289. The minimum atomic E-state index is -3.59. The highest BCUT2D eigenvalue weighted by Gasteiger charge is 2.24. The van der Waals surface area contributed by atoms with E-state index in [1.54, 1.807) is 18.2 Å². The van der Waals surface area contributed by atoms with Crippen LogP contribution in [0.3, 0.4) is 0 Å². The minimum absolute atomic E-state index is 0.158. The molecule has 0 aromatic heterocycles. The van der Waals surface area contributed by atoms with E-state index in [4.69, 9.17) is 4.74 Å². The van der Waals surface area contributed by atoms with Crippen molar-refractivity contribution in [2.45, 2.75) is 32.6 Å². The topological polar surface area (TPSA) is 55.4 Å². The van der Waals surface area contributed by atoms with Gasteiger partial charge in [-0.05, 0) is 36.0 Å². The van der Waals surface area contributed by atoms with Crippen molar-refractivity contribution in [2.24, 2.45) is 17.8 Å². The number of nitrogens with one attached hydrogen (secondary N) is 1. The fraction of sp³-hybridized carbons (Fsp3) is 0.600. The molecule has 0 heterocycles. The van der Waals surface area contributed by atoms with Gasteiger partial charge in [-0.2, -0.15) is 0 Å². The second kappa shape index (κ2) is 7.61. The molecular formula is C15H24BrNO3S. The third-order valence-electron chi connectivity index (χ3n) is 3.64. The van der Waals surface area contributed by atoms with Gasteiger partial charge in [-0.15, -0.1) is 0 Å². The van der Waals surface area contributed by atoms with Crippen LogP contribution < -0.4 is 9.46 Å². The molecule has 1 rings (SSSR count). The molecule has 0 atom stereocenters. The van der Waals surface area contributed by atoms with E-state index in [0.717, 1.165) is 0 Å². The van der Waals surface area contributed by atoms with Crippen molar-refractivity contribution in [1.29, 1.82) is 0 Å². The first-order valence-corrected chi connectivity index (χ1v) is 9.30. The largest absolute Gasteiger partial charge is 0.495 e. The van der Waals surface area contributed by atoms with Crippen LogP contribution in [0.5, 0.6) is 5.75 Å². The van der Waals surface area contributed by atoms with Gasteiger partial charge in [-0.1, -0.05) is 43.6 Å². The summed E-state index contributed by atoms with van der Waals surface area (Å²) in [6.07, 6.45) is 0. The highest BCUT2D eigenvalue weighted by molar-refractivity contribution is 9.10. The number of benzene rings is 1. The third-order valence-corrected chi connectivity index (χ3v) is 5.57. The molecular weight excluding hydrogens is 354 g/mol. The highest BCUT2D eigenvalue weighted by Crippen LogP contribution is 2.28. The predicted molar refractivity (Wildman–Crippen MR) is 89.0 cm³/mol. The Morgan fingerprint density at radius 1 is 1.19 bits per heavy atom. The summed E-state index contributed by atoms with van der Waals surface area (Å²) in [5.74, 6) is 1.46. The van der Waals surface area contributed by atoms with E-state index in [0.29, 0.717) is 28.6 Å². The van der Waals surface area contributed by atoms with Crippen LogP contribution in [0.1, 0.15) is 27.7 Å². The summed E-state index contributed by atoms with van der Waals surface area (Å²) >= 11 is 3.30. The molecule has 4 nitrogen and oxygen atoms in total. The molecule has 0 unspecified atom stereocenters. The molecule has 120 valence electrons. The Bertz CT molecular complexity index is 562. The summed E-state index contributed by atoms with van der Waals surface area (Å²) in [6, 6.07) is 4.95. The molecule has 0 amide bonds. The molecule has 0 aliphatic heterocycles. The van der Waals surface area contributed by atoms with Gasteiger partial charge in [0.25, 0.3) is 0 Å². The van der Waals surface area contributed by atoms with Gasteiger partial charge in [0.15, 0.2) is 0 Å². The van der Waals surface area contributed by atoms with Gasteiger partial charge in [-0.3, -0.25) is 0 Å². The quantitative estimate of drug-likeness (QED) is 0.788. The van der Waals surface area contributed by atoms with E-state index in [9.17, 15) is 8.42 Å². The summed E-state index contributed by atoms with van der Waals surface area (Å²) in [5, 5.41) is 0. The van der Waals surface area contributed by atoms with Gasteiger partial charge in [0.05, 0.1) is 7.11 Å². The number of methoxy groups -OCH3 is 1. The van der Waals surface area contributed by atoms with Crippen molar-refractivity contribution in [3.05, 3.63) is 22.7 Å². The molecule has 21 heavy (non-hydrogen) atoms. The lowest BCUT2D eigenvalue weighted by atomic mass is 9.86. The average Bonchev–Trinajstić information content (AvgIpc) is 2.37. The van der Waals surface area contributed by atoms with Crippen LogP contribution in [0.15, 0.2) is 27.6 Å². The van der Waals surface area contributed by atoms with Crippen molar-refractivity contribution in [2.75, 3.05) is 13.7 Å². The number of sulfonamides is 1. The molecule has 0 spiro atoms. The number of hydrogen-bond donors (Lipinski definition) is 1. The maximum Gasteiger partial charge on any atom is 0.244 e. The molecule has 6 heteroatoms. The summed E-state index contributed by atoms with van der Waals surface area (Å²) < 4.78 is 33.6. The van der Waals surface area contributed by atoms with E-state index in [1.165, 1.54) is 7.11 Å². The molecule has 0 fully saturated rings. The number of halogens is 1. The van der Waals surface area contributed by atoms with Crippen LogP contribution >= 0.6 is 15.9 Å². The molecule has 0 aliphatic carbocycles. The smallest absolute Gasteiger partial charge is 0.244 e. The number of ether oxygens (including phenoxy) is 1. The monoisotopic (exact) mass is 377 g/mol. The van der Waals surface area contributed by atoms with Crippen molar-refractivity contribution in [3.63, 3.8) is 0 Å². The Hall–Kier alpha value is -0.590. The zero-order valence-electron chi connectivity index (χ0n) is 13.2. The van der Waals surface area contributed by atoms with E-state index in [2.05, 4.69) is 48.3 Å². The maximum absolute atomic E-state index is 12.5. The van der Waals surface area contributed by atoms with Gasteiger partial charge in [0, 0.05) is 11.0 Å². The second-order valence-corrected chi connectivity index (χ2v) is 8.45. The van der Waals surface area contributed by atoms with Gasteiger partial charge in [0.1, 0.15) is 10.6 Å². The van der Waals surface area contributed by atoms with E-state index >= 15 is 0 Å². The normalized spacial score (nSPS) is 12.4. The van der Waals surface area contributed by atoms with E-state index in [-0.39, 0.29) is 10.8 Å². The Kier molecular flexibility index (Phi) is 6.69. The van der Waals surface area contributed by atoms with Crippen molar-refractivity contribution >= 4 is 26.0 Å². The Balaban J connectivity index is 2.99. The van der Waals surface area contributed by atoms with Crippen LogP contribution in [-0.2, 0) is 10.0 Å². The first-order valence-electron chi connectivity index (χ1n) is 7.02. The standard InChI is InChI=1S/C15H24BrNO3S/c1-10(2)13(11(3)4)9-17-21(18,19)15-8-12(16)6-7-14(15)20-5/h6-8,10-11,13,17H,9H2,1-5H3. The van der Waals surface area contributed by atoms with Crippen LogP contribution in [-0.4, -0.2) is 22.1 Å². The van der Waals surface area contributed by atoms with Gasteiger partial charge < -0.3 is 4.74 Å². The minimum Gasteiger partial charge on any atom is -0.495 e. The van der Waals surface area contributed by atoms with Gasteiger partial charge in [-0.25, -0.2) is 13.1 Å². The second-order valence-electron chi connectivity index (χ2n) is 5.80. The Labute approximate surface area is 136 Å². The Morgan fingerprint density at radius 3 is 2.24 bits per heavy atom. The first-order chi connectivity index (χ1) is 9.69. The molecule has 0 aliphatic rings. The fourth-order valence-electron chi connectivity index (χ4n) is 2.39. The SMILES string of the molecule is COc1ccc(Br)cc1S(=O)(=O)NCC(C(C)C)C(C)C. The molecule has 0 bridgehead atoms. The molecule has 1 aromatic carbocycles. The third kappa shape index (κ3) is 4.97. The summed E-state index contributed by atoms with van der Waals surface area (Å²) in [6.45, 7) is 8.86. The maximum atomic E-state index is 12.5. The van der Waals surface area contributed by atoms with Gasteiger partial charge >= 0.3 is 0 Å². The molecule has 0 saturated carbocycles. The summed E-state index contributed by atoms with van der Waals surface area (Å²) in [5.41, 5.74) is 0. The lowest BCUT2D eigenvalue weighted by Crippen LogP contribution is -2.34. The van der Waals surface area contributed by atoms with Crippen molar-refractivity contribution in [3.8, 4) is 5.75 Å². The van der Waals surface area contributed by atoms with Crippen LogP contribution in [0.2, 0.25) is 0 Å². The fourth-order valence-corrected chi connectivity index (χ4v) is 4.16. The zero-order valence-corrected chi connectivity index (χ0v) is 15.6. The average molecular weight is 378 g/mol. The highest BCUT2D eigenvalue weighted by atomic mass is 79.9. The Morgan fingerprint density at radius 2 is 1.76 bits per heavy atom. The molecule has 1 aromatic rings. The molecule has 0 saturated heterocycles. The number of hydrogen-bond acceptors (Lipinski definition) is 3. The molecule has 0 radical (unpaired) electrons. The van der Waals surface area contributed by atoms with Crippen LogP contribution in [0.4, 0.5) is 0 Å². The van der Waals surface area contributed by atoms with Crippen molar-refractivity contribution < 1.29 is 13.2 Å². The first kappa shape index (κ1) is 18.5. The van der Waals surface area contributed by atoms with Crippen molar-refractivity contribution in [1.82, 2.24) is 4.72 Å². The molecule has 1 N–H and O–H groups in total. The van der Waals surface area contributed by atoms with Crippen LogP contribution in [0.25, 0.3) is 0 Å². The summed E-state index contributed by atoms with van der Waals surface area (Å²) in [7, 11) is -2.13. The number of rotatable bonds is 7. The summed E-state index contributed by atoms with van der Waals surface area (Å²) in [4.78, 5) is 0.158.